The molecule has 2 fully saturated rings. The number of ether oxygens (including phenoxy) is 4. The highest BCUT2D eigenvalue weighted by Crippen LogP contribution is 2.27. The lowest BCUT2D eigenvalue weighted by Crippen LogP contribution is -2.59. The summed E-state index contributed by atoms with van der Waals surface area (Å²) in [4.78, 5) is 12.1. The monoisotopic (exact) mass is 580 g/mol. The maximum atomic E-state index is 12.1. The van der Waals surface area contributed by atoms with Crippen LogP contribution in [0, 0.1) is 5.92 Å². The average Bonchev–Trinajstić information content (AvgIpc) is 2.94. The third-order valence-corrected chi connectivity index (χ3v) is 7.22. The second kappa shape index (κ2) is 17.1. The highest BCUT2D eigenvalue weighted by Gasteiger charge is 2.44. The van der Waals surface area contributed by atoms with Crippen LogP contribution in [0.25, 0.3) is 0 Å². The topological polar surface area (TPSA) is 175 Å². The van der Waals surface area contributed by atoms with Gasteiger partial charge in [-0.05, 0) is 32.6 Å². The van der Waals surface area contributed by atoms with E-state index in [0.717, 1.165) is 0 Å². The van der Waals surface area contributed by atoms with E-state index < -0.39 is 67.7 Å². The van der Waals surface area contributed by atoms with Crippen LogP contribution in [0.5, 0.6) is 0 Å². The smallest absolute Gasteiger partial charge is 0.331 e. The van der Waals surface area contributed by atoms with Crippen molar-refractivity contribution in [1.82, 2.24) is 0 Å². The SMILES string of the molecule is CC1CCC=CC2OC(CC(O)CC=CC=CC(COC3OC(CO)C(O)C(O)C3O)CC=CC=CC(=O)O1)C2O. The molecule has 0 aliphatic carbocycles. The third kappa shape index (κ3) is 10.5. The van der Waals surface area contributed by atoms with Crippen molar-refractivity contribution in [2.24, 2.45) is 5.92 Å². The van der Waals surface area contributed by atoms with Gasteiger partial charge in [0.2, 0.25) is 0 Å². The van der Waals surface area contributed by atoms with Crippen LogP contribution in [0.15, 0.2) is 60.8 Å². The Labute approximate surface area is 240 Å². The molecule has 4 aliphatic rings. The number of carbonyl (C=O) groups is 1. The van der Waals surface area contributed by atoms with Gasteiger partial charge < -0.3 is 49.6 Å². The quantitative estimate of drug-likeness (QED) is 0.203. The largest absolute Gasteiger partial charge is 0.460 e. The van der Waals surface area contributed by atoms with E-state index >= 15 is 0 Å². The van der Waals surface area contributed by atoms with Crippen LogP contribution in [0.1, 0.15) is 39.0 Å². The minimum absolute atomic E-state index is 0.0787. The molecule has 6 N–H and O–H groups in total. The van der Waals surface area contributed by atoms with Crippen LogP contribution >= 0.6 is 0 Å². The number of rotatable bonds is 4. The minimum Gasteiger partial charge on any atom is -0.460 e. The Morgan fingerprint density at radius 2 is 1.63 bits per heavy atom. The van der Waals surface area contributed by atoms with Gasteiger partial charge in [-0.2, -0.15) is 0 Å². The number of allylic oxidation sites excluding steroid dienone is 6. The van der Waals surface area contributed by atoms with Gasteiger partial charge >= 0.3 is 5.97 Å². The molecule has 4 heterocycles. The van der Waals surface area contributed by atoms with Crippen LogP contribution in [-0.2, 0) is 23.7 Å². The summed E-state index contributed by atoms with van der Waals surface area (Å²) >= 11 is 0. The predicted octanol–water partition coefficient (Wildman–Crippen LogP) is 0.585. The molecule has 0 aromatic carbocycles. The first-order chi connectivity index (χ1) is 19.7. The summed E-state index contributed by atoms with van der Waals surface area (Å²) in [5.74, 6) is -0.672. The lowest BCUT2D eigenvalue weighted by molar-refractivity contribution is -0.302. The molecule has 0 spiro atoms. The van der Waals surface area contributed by atoms with Crippen molar-refractivity contribution < 1.29 is 54.4 Å². The summed E-state index contributed by atoms with van der Waals surface area (Å²) in [7, 11) is 0. The molecule has 4 aliphatic heterocycles. The fourth-order valence-corrected chi connectivity index (χ4v) is 4.69. The molecule has 0 radical (unpaired) electrons. The molecule has 2 saturated heterocycles. The molecular formula is C30H44O11. The fourth-order valence-electron chi connectivity index (χ4n) is 4.69. The number of hydrogen-bond acceptors (Lipinski definition) is 11. The lowest BCUT2D eigenvalue weighted by atomic mass is 9.94. The van der Waals surface area contributed by atoms with Gasteiger partial charge in [-0.25, -0.2) is 4.79 Å². The second-order valence-corrected chi connectivity index (χ2v) is 10.6. The molecule has 230 valence electrons. The first kappa shape index (κ1) is 33.3. The molecule has 0 aromatic rings. The second-order valence-electron chi connectivity index (χ2n) is 10.6. The molecule has 41 heavy (non-hydrogen) atoms. The maximum Gasteiger partial charge on any atom is 0.331 e. The van der Waals surface area contributed by atoms with E-state index in [9.17, 15) is 35.4 Å². The van der Waals surface area contributed by atoms with Crippen LogP contribution in [0.2, 0.25) is 0 Å². The zero-order valence-electron chi connectivity index (χ0n) is 23.3. The fraction of sp³-hybridized carbons (Fsp3) is 0.633. The summed E-state index contributed by atoms with van der Waals surface area (Å²) in [6, 6.07) is 0. The number of aliphatic hydroxyl groups is 6. The van der Waals surface area contributed by atoms with Gasteiger partial charge in [0.05, 0.1) is 31.5 Å². The van der Waals surface area contributed by atoms with Gasteiger partial charge in [0.1, 0.15) is 36.6 Å². The molecule has 11 heteroatoms. The highest BCUT2D eigenvalue weighted by atomic mass is 16.7. The molecule has 11 nitrogen and oxygen atoms in total. The number of esters is 1. The Bertz CT molecular complexity index is 943. The summed E-state index contributed by atoms with van der Waals surface area (Å²) in [6.45, 7) is 1.34. The molecule has 11 atom stereocenters. The Morgan fingerprint density at radius 1 is 0.878 bits per heavy atom. The number of carbonyl (C=O) groups excluding carboxylic acids is 1. The van der Waals surface area contributed by atoms with Gasteiger partial charge in [-0.1, -0.05) is 54.7 Å². The van der Waals surface area contributed by atoms with E-state index in [2.05, 4.69) is 0 Å². The van der Waals surface area contributed by atoms with Gasteiger partial charge in [-0.15, -0.1) is 0 Å². The van der Waals surface area contributed by atoms with Crippen LogP contribution < -0.4 is 0 Å². The molecule has 11 unspecified atom stereocenters. The molecule has 0 aromatic heterocycles. The summed E-state index contributed by atoms with van der Waals surface area (Å²) in [5, 5.41) is 60.3. The van der Waals surface area contributed by atoms with Gasteiger partial charge in [-0.3, -0.25) is 0 Å². The Hall–Kier alpha value is -2.19. The highest BCUT2D eigenvalue weighted by molar-refractivity contribution is 5.82. The van der Waals surface area contributed by atoms with Crippen molar-refractivity contribution in [3.63, 3.8) is 0 Å². The maximum absolute atomic E-state index is 12.1. The van der Waals surface area contributed by atoms with Crippen molar-refractivity contribution in [2.75, 3.05) is 13.2 Å². The Kier molecular flexibility index (Phi) is 13.9. The number of aliphatic hydroxyl groups excluding tert-OH is 6. The number of hydrogen-bond donors (Lipinski definition) is 6. The van der Waals surface area contributed by atoms with E-state index in [0.29, 0.717) is 32.1 Å². The van der Waals surface area contributed by atoms with Crippen LogP contribution in [0.3, 0.4) is 0 Å². The zero-order valence-corrected chi connectivity index (χ0v) is 23.3. The van der Waals surface area contributed by atoms with Crippen LogP contribution in [-0.4, -0.2) is 111 Å². The van der Waals surface area contributed by atoms with Crippen molar-refractivity contribution in [1.29, 1.82) is 0 Å². The molecule has 4 rings (SSSR count). The normalized spacial score (nSPS) is 39.7. The van der Waals surface area contributed by atoms with E-state index in [-0.39, 0.29) is 18.6 Å². The number of fused-ring (bicyclic) bond motifs is 14. The van der Waals surface area contributed by atoms with E-state index in [4.69, 9.17) is 18.9 Å². The van der Waals surface area contributed by atoms with Crippen molar-refractivity contribution >= 4 is 5.97 Å². The predicted molar refractivity (Wildman–Crippen MR) is 148 cm³/mol. The van der Waals surface area contributed by atoms with Gasteiger partial charge in [0, 0.05) is 18.4 Å². The zero-order chi connectivity index (χ0) is 29.8. The first-order valence-electron chi connectivity index (χ1n) is 14.2. The van der Waals surface area contributed by atoms with Crippen molar-refractivity contribution in [3.05, 3.63) is 60.8 Å². The molecule has 0 amide bonds. The van der Waals surface area contributed by atoms with Crippen LogP contribution in [0.4, 0.5) is 0 Å². The third-order valence-electron chi connectivity index (χ3n) is 7.22. The van der Waals surface area contributed by atoms with Crippen molar-refractivity contribution in [2.45, 2.75) is 100 Å². The minimum atomic E-state index is -1.53. The summed E-state index contributed by atoms with van der Waals surface area (Å²) in [6.07, 6.45) is 10.5. The van der Waals surface area contributed by atoms with E-state index in [1.807, 2.05) is 25.2 Å². The summed E-state index contributed by atoms with van der Waals surface area (Å²) in [5.41, 5.74) is 0. The molecule has 0 saturated carbocycles. The average molecular weight is 581 g/mol. The van der Waals surface area contributed by atoms with Gasteiger partial charge in [0.25, 0.3) is 0 Å². The standard InChI is InChI=1S/C30H44O11/c1-19-10-8-9-14-22-26(34)23(40-22)16-21(32)13-6-2-4-11-20(12-5-3-7-15-25(33)39-19)18-38-30-29(37)28(36)27(35)24(17-31)41-30/h2-7,9,11,14-15,19-24,26-32,34-37H,8,10,12-13,16-18H2,1H3. The Morgan fingerprint density at radius 3 is 2.39 bits per heavy atom. The lowest BCUT2D eigenvalue weighted by Gasteiger charge is -2.41. The summed E-state index contributed by atoms with van der Waals surface area (Å²) < 4.78 is 22.2. The van der Waals surface area contributed by atoms with Crippen molar-refractivity contribution in [3.8, 4) is 0 Å². The van der Waals surface area contributed by atoms with Gasteiger partial charge in [0.15, 0.2) is 6.29 Å². The van der Waals surface area contributed by atoms with E-state index in [1.165, 1.54) is 6.08 Å². The first-order valence-corrected chi connectivity index (χ1v) is 14.2. The molecular weight excluding hydrogens is 536 g/mol. The Balaban J connectivity index is 1.64. The van der Waals surface area contributed by atoms with E-state index in [1.54, 1.807) is 36.5 Å². The molecule has 2 bridgehead atoms.